The van der Waals surface area contributed by atoms with Crippen molar-refractivity contribution in [3.8, 4) is 11.5 Å². The van der Waals surface area contributed by atoms with E-state index < -0.39 is 0 Å². The van der Waals surface area contributed by atoms with Crippen LogP contribution < -0.4 is 9.47 Å². The van der Waals surface area contributed by atoms with Gasteiger partial charge in [0, 0.05) is 25.6 Å². The van der Waals surface area contributed by atoms with E-state index in [0.29, 0.717) is 28.6 Å². The second-order valence-corrected chi connectivity index (χ2v) is 6.46. The number of carbonyl (C=O) groups excluding carboxylic acids is 1. The summed E-state index contributed by atoms with van der Waals surface area (Å²) in [4.78, 5) is 14.8. The number of piperidine rings is 1. The molecule has 1 aromatic rings. The monoisotopic (exact) mass is 319 g/mol. The third kappa shape index (κ3) is 2.67. The summed E-state index contributed by atoms with van der Waals surface area (Å²) in [7, 11) is 4.94. The van der Waals surface area contributed by atoms with Gasteiger partial charge in [0.25, 0.3) is 5.91 Å². The minimum atomic E-state index is 0.0175. The molecule has 1 aliphatic heterocycles. The van der Waals surface area contributed by atoms with Crippen LogP contribution in [0.1, 0.15) is 36.0 Å². The van der Waals surface area contributed by atoms with Crippen LogP contribution in [0.2, 0.25) is 0 Å². The van der Waals surface area contributed by atoms with E-state index in [-0.39, 0.29) is 5.91 Å². The van der Waals surface area contributed by atoms with E-state index in [1.54, 1.807) is 33.5 Å². The Hall–Kier alpha value is -1.75. The summed E-state index contributed by atoms with van der Waals surface area (Å²) in [6.07, 6.45) is 4.77. The number of hydrogen-bond donors (Lipinski definition) is 0. The van der Waals surface area contributed by atoms with Crippen molar-refractivity contribution in [3.05, 3.63) is 23.8 Å². The Labute approximate surface area is 137 Å². The van der Waals surface area contributed by atoms with E-state index in [4.69, 9.17) is 14.2 Å². The first-order chi connectivity index (χ1) is 11.1. The van der Waals surface area contributed by atoms with Gasteiger partial charge in [-0.05, 0) is 37.8 Å². The molecule has 1 spiro atoms. The first-order valence-corrected chi connectivity index (χ1v) is 8.18. The van der Waals surface area contributed by atoms with E-state index in [0.717, 1.165) is 32.4 Å². The van der Waals surface area contributed by atoms with Crippen molar-refractivity contribution in [2.75, 3.05) is 34.4 Å². The third-order valence-electron chi connectivity index (χ3n) is 5.55. The van der Waals surface area contributed by atoms with Crippen molar-refractivity contribution in [1.82, 2.24) is 4.90 Å². The van der Waals surface area contributed by atoms with Gasteiger partial charge in [0.05, 0.1) is 25.9 Å². The molecule has 1 unspecified atom stereocenters. The van der Waals surface area contributed by atoms with E-state index in [2.05, 4.69) is 0 Å². The largest absolute Gasteiger partial charge is 0.493 e. The van der Waals surface area contributed by atoms with Crippen LogP contribution in [-0.4, -0.2) is 51.3 Å². The Balaban J connectivity index is 1.73. The maximum Gasteiger partial charge on any atom is 0.257 e. The van der Waals surface area contributed by atoms with Crippen LogP contribution in [0.5, 0.6) is 11.5 Å². The average Bonchev–Trinajstić information content (AvgIpc) is 2.59. The lowest BCUT2D eigenvalue weighted by molar-refractivity contribution is -0.116. The van der Waals surface area contributed by atoms with Crippen molar-refractivity contribution in [3.63, 3.8) is 0 Å². The standard InChI is InChI=1S/C18H25NO4/c1-21-14-6-4-5-13(16(14)23-3)17(20)19-11-9-18(10-12-19)8-7-15(18)22-2/h4-6,15H,7-12H2,1-3H3. The molecular weight excluding hydrogens is 294 g/mol. The fraction of sp³-hybridized carbons (Fsp3) is 0.611. The van der Waals surface area contributed by atoms with Gasteiger partial charge in [-0.15, -0.1) is 0 Å². The molecular formula is C18H25NO4. The zero-order valence-corrected chi connectivity index (χ0v) is 14.1. The summed E-state index contributed by atoms with van der Waals surface area (Å²) in [5, 5.41) is 0. The molecule has 1 aromatic carbocycles. The highest BCUT2D eigenvalue weighted by atomic mass is 16.5. The molecule has 5 heteroatoms. The van der Waals surface area contributed by atoms with Crippen LogP contribution in [0.3, 0.4) is 0 Å². The molecule has 3 rings (SSSR count). The number of para-hydroxylation sites is 1. The van der Waals surface area contributed by atoms with Crippen molar-refractivity contribution in [2.45, 2.75) is 31.8 Å². The number of hydrogen-bond acceptors (Lipinski definition) is 4. The minimum Gasteiger partial charge on any atom is -0.493 e. The molecule has 2 aliphatic rings. The Morgan fingerprint density at radius 2 is 1.87 bits per heavy atom. The molecule has 2 fully saturated rings. The lowest BCUT2D eigenvalue weighted by Crippen LogP contribution is -2.53. The topological polar surface area (TPSA) is 48.0 Å². The quantitative estimate of drug-likeness (QED) is 0.856. The molecule has 23 heavy (non-hydrogen) atoms. The predicted molar refractivity (Wildman–Crippen MR) is 87.1 cm³/mol. The normalized spacial score (nSPS) is 22.6. The molecule has 0 aromatic heterocycles. The predicted octanol–water partition coefficient (Wildman–Crippen LogP) is 2.74. The maximum atomic E-state index is 12.9. The van der Waals surface area contributed by atoms with Crippen molar-refractivity contribution in [2.24, 2.45) is 5.41 Å². The maximum absolute atomic E-state index is 12.9. The molecule has 1 saturated carbocycles. The minimum absolute atomic E-state index is 0.0175. The van der Waals surface area contributed by atoms with Crippen LogP contribution in [-0.2, 0) is 4.74 Å². The van der Waals surface area contributed by atoms with Gasteiger partial charge in [-0.3, -0.25) is 4.79 Å². The van der Waals surface area contributed by atoms with Crippen molar-refractivity contribution >= 4 is 5.91 Å². The SMILES string of the molecule is COc1cccc(C(=O)N2CCC3(CCC3OC)CC2)c1OC. The average molecular weight is 319 g/mol. The zero-order chi connectivity index (χ0) is 16.4. The van der Waals surface area contributed by atoms with E-state index in [9.17, 15) is 4.79 Å². The number of carbonyl (C=O) groups is 1. The Morgan fingerprint density at radius 1 is 1.13 bits per heavy atom. The molecule has 1 saturated heterocycles. The molecule has 1 aliphatic carbocycles. The molecule has 5 nitrogen and oxygen atoms in total. The lowest BCUT2D eigenvalue weighted by atomic mass is 9.60. The Bertz CT molecular complexity index is 576. The van der Waals surface area contributed by atoms with Gasteiger partial charge >= 0.3 is 0 Å². The summed E-state index contributed by atoms with van der Waals surface area (Å²) >= 11 is 0. The molecule has 1 atom stereocenters. The van der Waals surface area contributed by atoms with Crippen LogP contribution in [0, 0.1) is 5.41 Å². The van der Waals surface area contributed by atoms with Gasteiger partial charge in [-0.25, -0.2) is 0 Å². The number of rotatable bonds is 4. The molecule has 0 N–H and O–H groups in total. The lowest BCUT2D eigenvalue weighted by Gasteiger charge is -2.53. The van der Waals surface area contributed by atoms with Crippen LogP contribution in [0.25, 0.3) is 0 Å². The first-order valence-electron chi connectivity index (χ1n) is 8.18. The van der Waals surface area contributed by atoms with E-state index >= 15 is 0 Å². The molecule has 1 heterocycles. The number of amides is 1. The van der Waals surface area contributed by atoms with Crippen LogP contribution in [0.15, 0.2) is 18.2 Å². The third-order valence-corrected chi connectivity index (χ3v) is 5.55. The van der Waals surface area contributed by atoms with Crippen LogP contribution in [0.4, 0.5) is 0 Å². The summed E-state index contributed by atoms with van der Waals surface area (Å²) in [6, 6.07) is 5.43. The summed E-state index contributed by atoms with van der Waals surface area (Å²) in [5.41, 5.74) is 0.865. The molecule has 0 radical (unpaired) electrons. The summed E-state index contributed by atoms with van der Waals surface area (Å²) in [6.45, 7) is 1.55. The number of likely N-dealkylation sites (tertiary alicyclic amines) is 1. The number of ether oxygens (including phenoxy) is 3. The smallest absolute Gasteiger partial charge is 0.257 e. The van der Waals surface area contributed by atoms with Crippen molar-refractivity contribution < 1.29 is 19.0 Å². The molecule has 1 amide bonds. The Kier molecular flexibility index (Phi) is 4.48. The zero-order valence-electron chi connectivity index (χ0n) is 14.1. The van der Waals surface area contributed by atoms with E-state index in [1.165, 1.54) is 6.42 Å². The number of methoxy groups -OCH3 is 3. The van der Waals surface area contributed by atoms with Gasteiger partial charge in [-0.1, -0.05) is 6.07 Å². The van der Waals surface area contributed by atoms with Gasteiger partial charge in [0.1, 0.15) is 0 Å². The number of benzene rings is 1. The fourth-order valence-corrected chi connectivity index (χ4v) is 3.99. The fourth-order valence-electron chi connectivity index (χ4n) is 3.99. The second-order valence-electron chi connectivity index (χ2n) is 6.46. The highest BCUT2D eigenvalue weighted by Gasteiger charge is 2.49. The van der Waals surface area contributed by atoms with Gasteiger partial charge in [0.15, 0.2) is 11.5 Å². The Morgan fingerprint density at radius 3 is 2.39 bits per heavy atom. The van der Waals surface area contributed by atoms with Gasteiger partial charge in [-0.2, -0.15) is 0 Å². The highest BCUT2D eigenvalue weighted by molar-refractivity contribution is 5.97. The highest BCUT2D eigenvalue weighted by Crippen LogP contribution is 2.50. The summed E-state index contributed by atoms with van der Waals surface area (Å²) in [5.74, 6) is 1.12. The molecule has 0 bridgehead atoms. The summed E-state index contributed by atoms with van der Waals surface area (Å²) < 4.78 is 16.3. The van der Waals surface area contributed by atoms with Gasteiger partial charge in [0.2, 0.25) is 0 Å². The van der Waals surface area contributed by atoms with Gasteiger partial charge < -0.3 is 19.1 Å². The van der Waals surface area contributed by atoms with Crippen LogP contribution >= 0.6 is 0 Å². The van der Waals surface area contributed by atoms with E-state index in [1.807, 2.05) is 11.0 Å². The second kappa shape index (κ2) is 6.40. The molecule has 126 valence electrons. The van der Waals surface area contributed by atoms with Crippen molar-refractivity contribution in [1.29, 1.82) is 0 Å². The first kappa shape index (κ1) is 16.1. The number of nitrogens with zero attached hydrogens (tertiary/aromatic N) is 1.